The van der Waals surface area contributed by atoms with E-state index in [0.29, 0.717) is 47.4 Å². The number of piperidine rings is 2. The second-order valence-corrected chi connectivity index (χ2v) is 8.51. The van der Waals surface area contributed by atoms with Crippen LogP contribution >= 0.6 is 0 Å². The van der Waals surface area contributed by atoms with Crippen LogP contribution in [0.1, 0.15) is 50.3 Å². The predicted molar refractivity (Wildman–Crippen MR) is 111 cm³/mol. The monoisotopic (exact) mass is 407 g/mol. The molecule has 3 aromatic rings. The van der Waals surface area contributed by atoms with E-state index < -0.39 is 0 Å². The topological polar surface area (TPSA) is 140 Å². The number of anilines is 2. The SMILES string of the molecule is Cc1cc(Nc2cnc3[nH]c(=O)n([C@@H]4C[C@H]5CC(CCC#N)C[C@@H](C4)N5)c3n2)n[nH]1. The Kier molecular flexibility index (Phi) is 4.75. The molecule has 5 heterocycles. The molecule has 3 aromatic heterocycles. The van der Waals surface area contributed by atoms with Gasteiger partial charge in [-0.3, -0.25) is 14.6 Å². The molecule has 1 unspecified atom stereocenters. The number of aromatic nitrogens is 6. The maximum absolute atomic E-state index is 12.8. The van der Waals surface area contributed by atoms with E-state index in [1.165, 1.54) is 0 Å². The first-order valence-corrected chi connectivity index (χ1v) is 10.5. The van der Waals surface area contributed by atoms with E-state index in [1.54, 1.807) is 10.8 Å². The van der Waals surface area contributed by atoms with Crippen LogP contribution < -0.4 is 16.3 Å². The molecule has 30 heavy (non-hydrogen) atoms. The number of rotatable bonds is 5. The maximum Gasteiger partial charge on any atom is 0.329 e. The van der Waals surface area contributed by atoms with Crippen molar-refractivity contribution in [3.05, 3.63) is 28.4 Å². The minimum absolute atomic E-state index is 0.0802. The lowest BCUT2D eigenvalue weighted by Crippen LogP contribution is -2.52. The lowest BCUT2D eigenvalue weighted by Gasteiger charge is -2.43. The summed E-state index contributed by atoms with van der Waals surface area (Å²) in [5.41, 5.74) is 1.85. The standard InChI is InChI=1S/C20H25N9O/c1-11-5-16(28-27-11)24-17-10-22-18-19(25-17)29(20(30)26-18)15-8-13-6-12(3-2-4-21)7-14(9-15)23-13/h5,10,12-15,23H,2-3,6-9H2,1H3,(H,22,26,30)(H2,24,25,27,28)/t12?,13-,14+,15-. The lowest BCUT2D eigenvalue weighted by molar-refractivity contribution is 0.142. The Balaban J connectivity index is 1.40. The first kappa shape index (κ1) is 18.8. The fraction of sp³-hybridized carbons (Fsp3) is 0.550. The van der Waals surface area contributed by atoms with Gasteiger partial charge in [0, 0.05) is 36.3 Å². The molecular formula is C20H25N9O. The molecule has 0 saturated carbocycles. The predicted octanol–water partition coefficient (Wildman–Crippen LogP) is 2.27. The van der Waals surface area contributed by atoms with Gasteiger partial charge < -0.3 is 10.6 Å². The highest BCUT2D eigenvalue weighted by atomic mass is 16.1. The minimum Gasteiger partial charge on any atom is -0.322 e. The van der Waals surface area contributed by atoms with Crippen molar-refractivity contribution in [1.82, 2.24) is 35.0 Å². The third-order valence-corrected chi connectivity index (χ3v) is 6.24. The molecule has 2 fully saturated rings. The van der Waals surface area contributed by atoms with Crippen molar-refractivity contribution >= 4 is 22.9 Å². The van der Waals surface area contributed by atoms with Gasteiger partial charge in [-0.1, -0.05) is 0 Å². The van der Waals surface area contributed by atoms with Gasteiger partial charge >= 0.3 is 5.69 Å². The summed E-state index contributed by atoms with van der Waals surface area (Å²) in [6, 6.07) is 4.96. The molecule has 0 amide bonds. The summed E-state index contributed by atoms with van der Waals surface area (Å²) in [6.07, 6.45) is 7.07. The summed E-state index contributed by atoms with van der Waals surface area (Å²) in [5.74, 6) is 1.80. The minimum atomic E-state index is -0.163. The molecule has 156 valence electrons. The Hall–Kier alpha value is -3.19. The molecule has 4 N–H and O–H groups in total. The van der Waals surface area contributed by atoms with Gasteiger partial charge in [0.15, 0.2) is 22.9 Å². The van der Waals surface area contributed by atoms with E-state index >= 15 is 0 Å². The van der Waals surface area contributed by atoms with Crippen LogP contribution in [0.25, 0.3) is 11.3 Å². The fourth-order valence-corrected chi connectivity index (χ4v) is 5.07. The third kappa shape index (κ3) is 3.57. The summed E-state index contributed by atoms with van der Waals surface area (Å²) >= 11 is 0. The van der Waals surface area contributed by atoms with Gasteiger partial charge in [0.1, 0.15) is 0 Å². The number of nitrogens with zero attached hydrogens (tertiary/aromatic N) is 5. The number of fused-ring (bicyclic) bond motifs is 3. The van der Waals surface area contributed by atoms with Crippen molar-refractivity contribution in [3.8, 4) is 6.07 Å². The van der Waals surface area contributed by atoms with Crippen LogP contribution in [0.3, 0.4) is 0 Å². The Bertz CT molecular complexity index is 1140. The van der Waals surface area contributed by atoms with Crippen LogP contribution in [0.15, 0.2) is 17.1 Å². The molecule has 2 aliphatic heterocycles. The first-order valence-electron chi connectivity index (χ1n) is 10.5. The number of nitriles is 1. The highest BCUT2D eigenvalue weighted by Gasteiger charge is 2.37. The van der Waals surface area contributed by atoms with E-state index in [2.05, 4.69) is 41.9 Å². The molecule has 0 aliphatic carbocycles. The number of hydrogen-bond acceptors (Lipinski definition) is 7. The number of H-pyrrole nitrogens is 2. The molecule has 2 saturated heterocycles. The van der Waals surface area contributed by atoms with Gasteiger partial charge in [0.2, 0.25) is 0 Å². The van der Waals surface area contributed by atoms with Gasteiger partial charge in [-0.15, -0.1) is 0 Å². The fourth-order valence-electron chi connectivity index (χ4n) is 5.07. The smallest absolute Gasteiger partial charge is 0.322 e. The van der Waals surface area contributed by atoms with Crippen LogP contribution in [0.5, 0.6) is 0 Å². The highest BCUT2D eigenvalue weighted by Crippen LogP contribution is 2.37. The van der Waals surface area contributed by atoms with Crippen molar-refractivity contribution in [2.45, 2.75) is 63.6 Å². The van der Waals surface area contributed by atoms with Gasteiger partial charge in [-0.2, -0.15) is 10.4 Å². The Morgan fingerprint density at radius 2 is 2.07 bits per heavy atom. The maximum atomic E-state index is 12.8. The Morgan fingerprint density at radius 1 is 1.27 bits per heavy atom. The van der Waals surface area contributed by atoms with Crippen LogP contribution in [0.4, 0.5) is 11.6 Å². The Morgan fingerprint density at radius 3 is 2.77 bits per heavy atom. The summed E-state index contributed by atoms with van der Waals surface area (Å²) in [7, 11) is 0. The molecule has 10 heteroatoms. The second-order valence-electron chi connectivity index (χ2n) is 8.51. The summed E-state index contributed by atoms with van der Waals surface area (Å²) in [6.45, 7) is 1.93. The van der Waals surface area contributed by atoms with E-state index in [-0.39, 0.29) is 11.7 Å². The van der Waals surface area contributed by atoms with Crippen LogP contribution in [0.2, 0.25) is 0 Å². The molecule has 2 bridgehead atoms. The normalized spacial score (nSPS) is 25.9. The zero-order valence-electron chi connectivity index (χ0n) is 16.9. The van der Waals surface area contributed by atoms with Crippen LogP contribution in [-0.2, 0) is 0 Å². The molecule has 0 radical (unpaired) electrons. The number of aryl methyl sites for hydroxylation is 1. The van der Waals surface area contributed by atoms with Gasteiger partial charge in [0.25, 0.3) is 0 Å². The number of imidazole rings is 1. The summed E-state index contributed by atoms with van der Waals surface area (Å²) in [4.78, 5) is 24.7. The van der Waals surface area contributed by atoms with E-state index in [4.69, 9.17) is 5.26 Å². The quantitative estimate of drug-likeness (QED) is 0.508. The largest absolute Gasteiger partial charge is 0.329 e. The molecular weight excluding hydrogens is 382 g/mol. The second kappa shape index (κ2) is 7.57. The summed E-state index contributed by atoms with van der Waals surface area (Å²) in [5, 5.41) is 22.8. The highest BCUT2D eigenvalue weighted by molar-refractivity contribution is 5.69. The molecule has 4 atom stereocenters. The van der Waals surface area contributed by atoms with Gasteiger partial charge in [-0.25, -0.2) is 14.8 Å². The van der Waals surface area contributed by atoms with Crippen molar-refractivity contribution in [1.29, 1.82) is 5.26 Å². The number of hydrogen-bond donors (Lipinski definition) is 4. The molecule has 0 spiro atoms. The van der Waals surface area contributed by atoms with Crippen molar-refractivity contribution in [2.75, 3.05) is 5.32 Å². The molecule has 0 aromatic carbocycles. The zero-order chi connectivity index (χ0) is 20.7. The lowest BCUT2D eigenvalue weighted by atomic mass is 9.77. The molecule has 5 rings (SSSR count). The average Bonchev–Trinajstić information content (AvgIpc) is 3.27. The number of nitrogens with one attached hydrogen (secondary N) is 4. The van der Waals surface area contributed by atoms with Gasteiger partial charge in [-0.05, 0) is 44.9 Å². The van der Waals surface area contributed by atoms with Gasteiger partial charge in [0.05, 0.1) is 12.3 Å². The summed E-state index contributed by atoms with van der Waals surface area (Å²) < 4.78 is 1.78. The first-order chi connectivity index (χ1) is 14.6. The Labute approximate surface area is 173 Å². The molecule has 2 aliphatic rings. The number of aromatic amines is 2. The van der Waals surface area contributed by atoms with Crippen molar-refractivity contribution in [2.24, 2.45) is 5.92 Å². The van der Waals surface area contributed by atoms with Crippen molar-refractivity contribution in [3.63, 3.8) is 0 Å². The van der Waals surface area contributed by atoms with Crippen LogP contribution in [-0.4, -0.2) is 41.8 Å². The molecule has 10 nitrogen and oxygen atoms in total. The third-order valence-electron chi connectivity index (χ3n) is 6.24. The zero-order valence-corrected chi connectivity index (χ0v) is 16.9. The van der Waals surface area contributed by atoms with Crippen LogP contribution in [0, 0.1) is 24.2 Å². The van der Waals surface area contributed by atoms with Crippen molar-refractivity contribution < 1.29 is 0 Å². The average molecular weight is 407 g/mol. The van der Waals surface area contributed by atoms with E-state index in [1.807, 2.05) is 13.0 Å². The van der Waals surface area contributed by atoms with E-state index in [0.717, 1.165) is 37.8 Å². The van der Waals surface area contributed by atoms with E-state index in [9.17, 15) is 4.79 Å².